The largest absolute Gasteiger partial charge is 0.335 e. The predicted octanol–water partition coefficient (Wildman–Crippen LogP) is 2.10. The van der Waals surface area contributed by atoms with Gasteiger partial charge in [0.25, 0.3) is 5.91 Å². The third-order valence-corrected chi connectivity index (χ3v) is 4.26. The third-order valence-electron chi connectivity index (χ3n) is 3.53. The normalized spacial score (nSPS) is 16.3. The summed E-state index contributed by atoms with van der Waals surface area (Å²) in [5.41, 5.74) is 1.90. The lowest BCUT2D eigenvalue weighted by Crippen LogP contribution is -2.48. The number of hydrogen-bond acceptors (Lipinski definition) is 4. The Bertz CT molecular complexity index is 548. The van der Waals surface area contributed by atoms with Gasteiger partial charge in [0.1, 0.15) is 5.69 Å². The topological polar surface area (TPSA) is 36.4 Å². The molecule has 104 valence electrons. The van der Waals surface area contributed by atoms with Crippen molar-refractivity contribution in [1.82, 2.24) is 14.8 Å². The van der Waals surface area contributed by atoms with E-state index in [4.69, 9.17) is 0 Å². The predicted molar refractivity (Wildman–Crippen MR) is 79.7 cm³/mol. The second kappa shape index (κ2) is 6.15. The van der Waals surface area contributed by atoms with Crippen LogP contribution in [0.5, 0.6) is 0 Å². The molecule has 1 saturated heterocycles. The minimum Gasteiger partial charge on any atom is -0.335 e. The maximum atomic E-state index is 12.3. The minimum atomic E-state index is 0.0424. The second-order valence-corrected chi connectivity index (χ2v) is 5.69. The molecular weight excluding hydrogens is 270 g/mol. The van der Waals surface area contributed by atoms with Crippen molar-refractivity contribution in [3.05, 3.63) is 52.5 Å². The van der Waals surface area contributed by atoms with Crippen LogP contribution in [0.25, 0.3) is 0 Å². The van der Waals surface area contributed by atoms with Gasteiger partial charge in [0, 0.05) is 38.9 Å². The highest BCUT2D eigenvalue weighted by Gasteiger charge is 2.22. The number of rotatable bonds is 3. The highest BCUT2D eigenvalue weighted by molar-refractivity contribution is 7.07. The van der Waals surface area contributed by atoms with E-state index in [1.165, 1.54) is 5.56 Å². The van der Waals surface area contributed by atoms with Crippen LogP contribution in [0.2, 0.25) is 0 Å². The lowest BCUT2D eigenvalue weighted by molar-refractivity contribution is 0.0623. The van der Waals surface area contributed by atoms with Gasteiger partial charge in [-0.15, -0.1) is 0 Å². The van der Waals surface area contributed by atoms with E-state index in [0.717, 1.165) is 32.7 Å². The molecule has 3 heterocycles. The molecule has 1 amide bonds. The van der Waals surface area contributed by atoms with Crippen LogP contribution in [-0.4, -0.2) is 46.9 Å². The number of carbonyl (C=O) groups is 1. The summed E-state index contributed by atoms with van der Waals surface area (Å²) in [6, 6.07) is 7.62. The second-order valence-electron chi connectivity index (χ2n) is 4.91. The van der Waals surface area contributed by atoms with Crippen molar-refractivity contribution in [2.45, 2.75) is 6.54 Å². The Labute approximate surface area is 122 Å². The molecule has 1 aliphatic heterocycles. The zero-order valence-corrected chi connectivity index (χ0v) is 12.1. The van der Waals surface area contributed by atoms with Gasteiger partial charge in [0.05, 0.1) is 0 Å². The van der Waals surface area contributed by atoms with Gasteiger partial charge in [-0.1, -0.05) is 6.07 Å². The average molecular weight is 287 g/mol. The van der Waals surface area contributed by atoms with Gasteiger partial charge >= 0.3 is 0 Å². The summed E-state index contributed by atoms with van der Waals surface area (Å²) in [7, 11) is 0. The van der Waals surface area contributed by atoms with Crippen LogP contribution in [0.4, 0.5) is 0 Å². The summed E-state index contributed by atoms with van der Waals surface area (Å²) in [4.78, 5) is 20.7. The number of piperazine rings is 1. The van der Waals surface area contributed by atoms with Crippen molar-refractivity contribution in [3.63, 3.8) is 0 Å². The summed E-state index contributed by atoms with van der Waals surface area (Å²) >= 11 is 1.73. The Morgan fingerprint density at radius 2 is 2.05 bits per heavy atom. The first kappa shape index (κ1) is 13.3. The zero-order valence-electron chi connectivity index (χ0n) is 11.2. The number of hydrogen-bond donors (Lipinski definition) is 0. The van der Waals surface area contributed by atoms with E-state index in [1.807, 2.05) is 17.0 Å². The summed E-state index contributed by atoms with van der Waals surface area (Å²) in [6.07, 6.45) is 1.67. The molecule has 0 atom stereocenters. The van der Waals surface area contributed by atoms with Crippen LogP contribution in [0.15, 0.2) is 41.2 Å². The Balaban J connectivity index is 1.55. The molecule has 3 rings (SSSR count). The average Bonchev–Trinajstić information content (AvgIpc) is 3.01. The Morgan fingerprint density at radius 1 is 1.20 bits per heavy atom. The molecular formula is C15H17N3OS. The van der Waals surface area contributed by atoms with Crippen molar-refractivity contribution < 1.29 is 4.79 Å². The molecule has 0 bridgehead atoms. The van der Waals surface area contributed by atoms with Gasteiger partial charge in [0.2, 0.25) is 0 Å². The van der Waals surface area contributed by atoms with Crippen LogP contribution in [-0.2, 0) is 6.54 Å². The number of thiophene rings is 1. The van der Waals surface area contributed by atoms with Crippen molar-refractivity contribution in [2.24, 2.45) is 0 Å². The first-order valence-electron chi connectivity index (χ1n) is 6.76. The number of pyridine rings is 1. The van der Waals surface area contributed by atoms with E-state index in [9.17, 15) is 4.79 Å². The van der Waals surface area contributed by atoms with E-state index in [-0.39, 0.29) is 5.91 Å². The Morgan fingerprint density at radius 3 is 2.70 bits per heavy atom. The quantitative estimate of drug-likeness (QED) is 0.867. The molecule has 0 spiro atoms. The minimum absolute atomic E-state index is 0.0424. The van der Waals surface area contributed by atoms with Crippen molar-refractivity contribution in [3.8, 4) is 0 Å². The van der Waals surface area contributed by atoms with E-state index >= 15 is 0 Å². The monoisotopic (exact) mass is 287 g/mol. The molecule has 20 heavy (non-hydrogen) atoms. The summed E-state index contributed by atoms with van der Waals surface area (Å²) in [6.45, 7) is 4.39. The zero-order chi connectivity index (χ0) is 13.8. The first-order valence-corrected chi connectivity index (χ1v) is 7.71. The van der Waals surface area contributed by atoms with E-state index in [2.05, 4.69) is 26.7 Å². The van der Waals surface area contributed by atoms with Crippen molar-refractivity contribution in [2.75, 3.05) is 26.2 Å². The van der Waals surface area contributed by atoms with Gasteiger partial charge in [-0.05, 0) is 34.5 Å². The molecule has 0 saturated carbocycles. The van der Waals surface area contributed by atoms with Gasteiger partial charge in [-0.2, -0.15) is 11.3 Å². The van der Waals surface area contributed by atoms with Crippen LogP contribution < -0.4 is 0 Å². The molecule has 0 radical (unpaired) electrons. The van der Waals surface area contributed by atoms with Crippen LogP contribution in [0.3, 0.4) is 0 Å². The van der Waals surface area contributed by atoms with Gasteiger partial charge in [0.15, 0.2) is 0 Å². The number of aromatic nitrogens is 1. The van der Waals surface area contributed by atoms with Crippen molar-refractivity contribution in [1.29, 1.82) is 0 Å². The molecule has 0 aliphatic carbocycles. The summed E-state index contributed by atoms with van der Waals surface area (Å²) in [5, 5.41) is 4.29. The van der Waals surface area contributed by atoms with Gasteiger partial charge in [-0.3, -0.25) is 14.7 Å². The molecule has 1 aliphatic rings. The molecule has 0 aromatic carbocycles. The van der Waals surface area contributed by atoms with Crippen LogP contribution in [0, 0.1) is 0 Å². The fourth-order valence-electron chi connectivity index (χ4n) is 2.40. The van der Waals surface area contributed by atoms with Crippen LogP contribution in [0.1, 0.15) is 16.1 Å². The molecule has 5 heteroatoms. The van der Waals surface area contributed by atoms with Gasteiger partial charge < -0.3 is 4.90 Å². The molecule has 1 fully saturated rings. The summed E-state index contributed by atoms with van der Waals surface area (Å²) in [5.74, 6) is 0.0424. The third kappa shape index (κ3) is 3.05. The van der Waals surface area contributed by atoms with Gasteiger partial charge in [-0.25, -0.2) is 0 Å². The molecule has 0 unspecified atom stereocenters. The standard InChI is InChI=1S/C15H17N3OS/c19-15(14-3-1-2-5-16-14)18-8-6-17(7-9-18)11-13-4-10-20-12-13/h1-5,10,12H,6-9,11H2. The number of amides is 1. The molecule has 0 N–H and O–H groups in total. The first-order chi connectivity index (χ1) is 9.83. The molecule has 2 aromatic rings. The van der Waals surface area contributed by atoms with Crippen molar-refractivity contribution >= 4 is 17.2 Å². The lowest BCUT2D eigenvalue weighted by Gasteiger charge is -2.34. The number of nitrogens with zero attached hydrogens (tertiary/aromatic N) is 3. The van der Waals surface area contributed by atoms with E-state index in [1.54, 1.807) is 23.6 Å². The van der Waals surface area contributed by atoms with E-state index < -0.39 is 0 Å². The maximum Gasteiger partial charge on any atom is 0.272 e. The molecule has 4 nitrogen and oxygen atoms in total. The fraction of sp³-hybridized carbons (Fsp3) is 0.333. The SMILES string of the molecule is O=C(c1ccccn1)N1CCN(Cc2ccsc2)CC1. The Kier molecular flexibility index (Phi) is 4.08. The lowest BCUT2D eigenvalue weighted by atomic mass is 10.2. The van der Waals surface area contributed by atoms with E-state index in [0.29, 0.717) is 5.69 Å². The maximum absolute atomic E-state index is 12.3. The smallest absolute Gasteiger partial charge is 0.272 e. The molecule has 2 aromatic heterocycles. The summed E-state index contributed by atoms with van der Waals surface area (Å²) < 4.78 is 0. The van der Waals surface area contributed by atoms with Crippen LogP contribution >= 0.6 is 11.3 Å². The number of carbonyl (C=O) groups excluding carboxylic acids is 1. The highest BCUT2D eigenvalue weighted by atomic mass is 32.1. The fourth-order valence-corrected chi connectivity index (χ4v) is 3.06. The Hall–Kier alpha value is -1.72. The highest BCUT2D eigenvalue weighted by Crippen LogP contribution is 2.12.